The lowest BCUT2D eigenvalue weighted by Crippen LogP contribution is -2.36. The Bertz CT molecular complexity index is 812. The number of aryl methyl sites for hydroxylation is 2. The number of para-hydroxylation sites is 1. The van der Waals surface area contributed by atoms with Crippen LogP contribution in [0.5, 0.6) is 0 Å². The van der Waals surface area contributed by atoms with Crippen molar-refractivity contribution in [3.8, 4) is 0 Å². The van der Waals surface area contributed by atoms with Crippen molar-refractivity contribution in [2.75, 3.05) is 16.6 Å². The molecule has 0 saturated carbocycles. The van der Waals surface area contributed by atoms with Gasteiger partial charge in [-0.2, -0.15) is 5.10 Å². The number of aromatic nitrogens is 2. The Balaban J connectivity index is 2.15. The average Bonchev–Trinajstić information content (AvgIpc) is 2.81. The minimum Gasteiger partial charge on any atom is -0.268 e. The predicted molar refractivity (Wildman–Crippen MR) is 89.1 cm³/mol. The van der Waals surface area contributed by atoms with Crippen molar-refractivity contribution < 1.29 is 8.42 Å². The van der Waals surface area contributed by atoms with E-state index in [-0.39, 0.29) is 0 Å². The molecule has 2 aromatic rings. The smallest absolute Gasteiger partial charge is 0.268 e. The van der Waals surface area contributed by atoms with Gasteiger partial charge in [0, 0.05) is 23.7 Å². The number of hydrogen-bond acceptors (Lipinski definition) is 4. The van der Waals surface area contributed by atoms with Gasteiger partial charge in [-0.15, -0.1) is 11.8 Å². The number of anilines is 1. The second kappa shape index (κ2) is 5.62. The zero-order valence-electron chi connectivity index (χ0n) is 12.9. The first-order valence-electron chi connectivity index (χ1n) is 7.25. The van der Waals surface area contributed by atoms with Crippen LogP contribution < -0.4 is 4.31 Å². The van der Waals surface area contributed by atoms with Gasteiger partial charge in [0.2, 0.25) is 0 Å². The van der Waals surface area contributed by atoms with Crippen LogP contribution in [0, 0.1) is 13.8 Å². The van der Waals surface area contributed by atoms with E-state index in [1.807, 2.05) is 38.1 Å². The normalized spacial score (nSPS) is 15.0. The minimum atomic E-state index is -3.59. The number of sulfonamides is 1. The van der Waals surface area contributed by atoms with Gasteiger partial charge in [-0.1, -0.05) is 12.1 Å². The van der Waals surface area contributed by atoms with Gasteiger partial charge >= 0.3 is 0 Å². The molecule has 1 aromatic heterocycles. The van der Waals surface area contributed by atoms with Crippen molar-refractivity contribution in [3.63, 3.8) is 0 Å². The summed E-state index contributed by atoms with van der Waals surface area (Å²) in [5.74, 6) is 0.760. The van der Waals surface area contributed by atoms with Crippen molar-refractivity contribution in [3.05, 3.63) is 35.7 Å². The van der Waals surface area contributed by atoms with Gasteiger partial charge in [-0.3, -0.25) is 8.99 Å². The third kappa shape index (κ3) is 2.32. The third-order valence-corrected chi connectivity index (χ3v) is 6.96. The molecular weight excluding hydrogens is 318 g/mol. The summed E-state index contributed by atoms with van der Waals surface area (Å²) in [6.45, 7) is 6.69. The van der Waals surface area contributed by atoms with Gasteiger partial charge < -0.3 is 0 Å². The molecule has 0 unspecified atom stereocenters. The molecule has 0 spiro atoms. The number of hydrogen-bond donors (Lipinski definition) is 0. The van der Waals surface area contributed by atoms with Crippen LogP contribution in [0.4, 0.5) is 5.69 Å². The van der Waals surface area contributed by atoms with Crippen LogP contribution in [0.2, 0.25) is 0 Å². The molecule has 0 atom stereocenters. The molecule has 5 nitrogen and oxygen atoms in total. The van der Waals surface area contributed by atoms with E-state index < -0.39 is 10.0 Å². The molecule has 0 N–H and O–H groups in total. The van der Waals surface area contributed by atoms with E-state index in [2.05, 4.69) is 5.10 Å². The summed E-state index contributed by atoms with van der Waals surface area (Å²) < 4.78 is 29.6. The lowest BCUT2D eigenvalue weighted by Gasteiger charge is -2.30. The molecule has 0 amide bonds. The van der Waals surface area contributed by atoms with Gasteiger partial charge in [0.15, 0.2) is 0 Å². The molecule has 0 aliphatic carbocycles. The molecule has 2 heterocycles. The molecule has 0 saturated heterocycles. The number of fused-ring (bicyclic) bond motifs is 1. The van der Waals surface area contributed by atoms with Crippen LogP contribution in [-0.2, 0) is 16.6 Å². The van der Waals surface area contributed by atoms with Crippen LogP contribution in [0.25, 0.3) is 0 Å². The second-order valence-corrected chi connectivity index (χ2v) is 8.14. The predicted octanol–water partition coefficient (Wildman–Crippen LogP) is 2.82. The first kappa shape index (κ1) is 15.4. The standard InChI is InChI=1S/C15H19N3O2S2/c1-4-17-12(3)15(11(2)16-17)22(19,20)18-9-10-21-14-8-6-5-7-13(14)18/h5-8H,4,9-10H2,1-3H3. The van der Waals surface area contributed by atoms with E-state index >= 15 is 0 Å². The van der Waals surface area contributed by atoms with Crippen molar-refractivity contribution in [2.24, 2.45) is 0 Å². The van der Waals surface area contributed by atoms with E-state index in [4.69, 9.17) is 0 Å². The van der Waals surface area contributed by atoms with Gasteiger partial charge in [-0.25, -0.2) is 8.42 Å². The summed E-state index contributed by atoms with van der Waals surface area (Å²) in [5.41, 5.74) is 2.03. The first-order chi connectivity index (χ1) is 10.5. The Hall–Kier alpha value is -1.47. The van der Waals surface area contributed by atoms with Gasteiger partial charge in [0.1, 0.15) is 4.90 Å². The zero-order valence-corrected chi connectivity index (χ0v) is 14.5. The van der Waals surface area contributed by atoms with Crippen molar-refractivity contribution >= 4 is 27.5 Å². The fourth-order valence-electron chi connectivity index (χ4n) is 2.87. The molecule has 1 aliphatic rings. The maximum atomic E-state index is 13.2. The van der Waals surface area contributed by atoms with Crippen LogP contribution in [0.15, 0.2) is 34.1 Å². The summed E-state index contributed by atoms with van der Waals surface area (Å²) in [6, 6.07) is 7.65. The van der Waals surface area contributed by atoms with Crippen LogP contribution in [-0.4, -0.2) is 30.5 Å². The highest BCUT2D eigenvalue weighted by Crippen LogP contribution is 2.38. The first-order valence-corrected chi connectivity index (χ1v) is 9.68. The van der Waals surface area contributed by atoms with E-state index in [0.717, 1.165) is 16.3 Å². The number of rotatable bonds is 3. The van der Waals surface area contributed by atoms with Crippen molar-refractivity contribution in [1.82, 2.24) is 9.78 Å². The Morgan fingerprint density at radius 1 is 1.27 bits per heavy atom. The van der Waals surface area contributed by atoms with Crippen LogP contribution in [0.1, 0.15) is 18.3 Å². The van der Waals surface area contributed by atoms with Crippen LogP contribution in [0.3, 0.4) is 0 Å². The largest absolute Gasteiger partial charge is 0.268 e. The highest BCUT2D eigenvalue weighted by atomic mass is 32.2. The maximum absolute atomic E-state index is 13.2. The zero-order chi connectivity index (χ0) is 15.9. The average molecular weight is 337 g/mol. The fraction of sp³-hybridized carbons (Fsp3) is 0.400. The monoisotopic (exact) mass is 337 g/mol. The molecule has 3 rings (SSSR count). The van der Waals surface area contributed by atoms with Gasteiger partial charge in [0.25, 0.3) is 10.0 Å². The Morgan fingerprint density at radius 2 is 2.00 bits per heavy atom. The molecule has 7 heteroatoms. The van der Waals surface area contributed by atoms with Crippen molar-refractivity contribution in [1.29, 1.82) is 0 Å². The highest BCUT2D eigenvalue weighted by molar-refractivity contribution is 8.00. The Morgan fingerprint density at radius 3 is 2.68 bits per heavy atom. The topological polar surface area (TPSA) is 55.2 Å². The van der Waals surface area contributed by atoms with Gasteiger partial charge in [0.05, 0.1) is 17.1 Å². The molecule has 0 radical (unpaired) electrons. The SMILES string of the molecule is CCn1nc(C)c(S(=O)(=O)N2CCSc3ccccc32)c1C. The molecule has 1 aromatic carbocycles. The summed E-state index contributed by atoms with van der Waals surface area (Å²) in [4.78, 5) is 1.35. The third-order valence-electron chi connectivity index (χ3n) is 3.85. The van der Waals surface area contributed by atoms with E-state index in [0.29, 0.717) is 29.4 Å². The molecule has 22 heavy (non-hydrogen) atoms. The number of thioether (sulfide) groups is 1. The van der Waals surface area contributed by atoms with Crippen molar-refractivity contribution in [2.45, 2.75) is 37.1 Å². The number of benzene rings is 1. The highest BCUT2D eigenvalue weighted by Gasteiger charge is 2.33. The minimum absolute atomic E-state index is 0.344. The molecule has 0 fully saturated rings. The summed E-state index contributed by atoms with van der Waals surface area (Å²) in [6.07, 6.45) is 0. The lowest BCUT2D eigenvalue weighted by molar-refractivity contribution is 0.588. The maximum Gasteiger partial charge on any atom is 0.268 e. The molecule has 118 valence electrons. The van der Waals surface area contributed by atoms with E-state index in [9.17, 15) is 8.42 Å². The Kier molecular flexibility index (Phi) is 3.94. The van der Waals surface area contributed by atoms with Crippen LogP contribution >= 0.6 is 11.8 Å². The Labute approximate surface area is 135 Å². The fourth-order valence-corrected chi connectivity index (χ4v) is 5.90. The molecule has 1 aliphatic heterocycles. The lowest BCUT2D eigenvalue weighted by atomic mass is 10.3. The summed E-state index contributed by atoms with van der Waals surface area (Å²) in [7, 11) is -3.59. The van der Waals surface area contributed by atoms with E-state index in [1.54, 1.807) is 23.4 Å². The van der Waals surface area contributed by atoms with Gasteiger partial charge in [-0.05, 0) is 32.9 Å². The molecule has 0 bridgehead atoms. The molecular formula is C15H19N3O2S2. The number of nitrogens with zero attached hydrogens (tertiary/aromatic N) is 3. The summed E-state index contributed by atoms with van der Waals surface area (Å²) >= 11 is 1.69. The second-order valence-electron chi connectivity index (χ2n) is 5.21. The van der Waals surface area contributed by atoms with E-state index in [1.165, 1.54) is 4.31 Å². The summed E-state index contributed by atoms with van der Waals surface area (Å²) in [5, 5.41) is 4.35. The quantitative estimate of drug-likeness (QED) is 0.864.